The standard InChI is InChI=1S/C15H20O2/c1-4-7-10-13-11-8-9-12-15(13,6-3)17-14(16)5-2/h3-5,13H,1-2,7-12H2/t13-,15-/m0/s1. The highest BCUT2D eigenvalue weighted by Gasteiger charge is 2.41. The molecule has 0 bridgehead atoms. The second-order valence-corrected chi connectivity index (χ2v) is 4.47. The molecule has 0 amide bonds. The van der Waals surface area contributed by atoms with Gasteiger partial charge in [-0.25, -0.2) is 4.79 Å². The van der Waals surface area contributed by atoms with E-state index in [4.69, 9.17) is 11.2 Å². The van der Waals surface area contributed by atoms with E-state index in [1.54, 1.807) is 0 Å². The van der Waals surface area contributed by atoms with E-state index in [1.807, 2.05) is 6.08 Å². The number of carbonyl (C=O) groups excluding carboxylic acids is 1. The molecule has 0 aromatic heterocycles. The van der Waals surface area contributed by atoms with Crippen molar-refractivity contribution in [3.05, 3.63) is 25.3 Å². The van der Waals surface area contributed by atoms with Crippen molar-refractivity contribution in [2.75, 3.05) is 0 Å². The van der Waals surface area contributed by atoms with Gasteiger partial charge in [-0.05, 0) is 32.1 Å². The molecule has 0 saturated heterocycles. The Balaban J connectivity index is 2.82. The van der Waals surface area contributed by atoms with Crippen molar-refractivity contribution < 1.29 is 9.53 Å². The molecule has 0 aliphatic heterocycles. The lowest BCUT2D eigenvalue weighted by atomic mass is 9.73. The summed E-state index contributed by atoms with van der Waals surface area (Å²) in [7, 11) is 0. The molecule has 1 rings (SSSR count). The lowest BCUT2D eigenvalue weighted by Crippen LogP contribution is -2.43. The van der Waals surface area contributed by atoms with Crippen LogP contribution in [0.25, 0.3) is 0 Å². The minimum absolute atomic E-state index is 0.239. The summed E-state index contributed by atoms with van der Waals surface area (Å²) >= 11 is 0. The molecule has 1 aliphatic rings. The van der Waals surface area contributed by atoms with Crippen molar-refractivity contribution in [1.29, 1.82) is 0 Å². The molecule has 2 heteroatoms. The summed E-state index contributed by atoms with van der Waals surface area (Å²) in [6, 6.07) is 0. The van der Waals surface area contributed by atoms with E-state index >= 15 is 0 Å². The molecule has 1 saturated carbocycles. The Labute approximate surface area is 104 Å². The second-order valence-electron chi connectivity index (χ2n) is 4.47. The molecule has 0 aromatic carbocycles. The summed E-state index contributed by atoms with van der Waals surface area (Å²) in [5.41, 5.74) is -0.730. The van der Waals surface area contributed by atoms with E-state index in [1.165, 1.54) is 6.08 Å². The van der Waals surface area contributed by atoms with E-state index in [0.717, 1.165) is 38.5 Å². The third-order valence-electron chi connectivity index (χ3n) is 3.42. The van der Waals surface area contributed by atoms with Gasteiger partial charge in [-0.15, -0.1) is 13.0 Å². The Morgan fingerprint density at radius 2 is 2.29 bits per heavy atom. The zero-order valence-electron chi connectivity index (χ0n) is 10.3. The van der Waals surface area contributed by atoms with Gasteiger partial charge in [0.1, 0.15) is 0 Å². The summed E-state index contributed by atoms with van der Waals surface area (Å²) in [5, 5.41) is 0. The van der Waals surface area contributed by atoms with Crippen LogP contribution in [-0.4, -0.2) is 11.6 Å². The molecule has 92 valence electrons. The number of ether oxygens (including phenoxy) is 1. The van der Waals surface area contributed by atoms with Crippen LogP contribution in [0.3, 0.4) is 0 Å². The number of terminal acetylenes is 1. The minimum atomic E-state index is -0.730. The number of esters is 1. The maximum atomic E-state index is 11.4. The van der Waals surface area contributed by atoms with E-state index in [9.17, 15) is 4.79 Å². The normalized spacial score (nSPS) is 27.8. The van der Waals surface area contributed by atoms with Gasteiger partial charge < -0.3 is 4.74 Å². The van der Waals surface area contributed by atoms with Crippen LogP contribution in [0.5, 0.6) is 0 Å². The van der Waals surface area contributed by atoms with Crippen LogP contribution in [0.15, 0.2) is 25.3 Å². The van der Waals surface area contributed by atoms with Crippen LogP contribution >= 0.6 is 0 Å². The molecule has 0 unspecified atom stereocenters. The van der Waals surface area contributed by atoms with E-state index in [0.29, 0.717) is 0 Å². The van der Waals surface area contributed by atoms with Crippen LogP contribution in [0.2, 0.25) is 0 Å². The molecule has 1 aliphatic carbocycles. The predicted molar refractivity (Wildman–Crippen MR) is 69.2 cm³/mol. The van der Waals surface area contributed by atoms with Crippen molar-refractivity contribution in [2.45, 2.75) is 44.1 Å². The molecule has 0 heterocycles. The number of carbonyl (C=O) groups is 1. The fourth-order valence-corrected chi connectivity index (χ4v) is 2.49. The Morgan fingerprint density at radius 1 is 1.53 bits per heavy atom. The lowest BCUT2D eigenvalue weighted by molar-refractivity contribution is -0.155. The quantitative estimate of drug-likeness (QED) is 0.315. The van der Waals surface area contributed by atoms with Gasteiger partial charge in [-0.2, -0.15) is 0 Å². The van der Waals surface area contributed by atoms with Gasteiger partial charge in [0.05, 0.1) is 0 Å². The highest BCUT2D eigenvalue weighted by Crippen LogP contribution is 2.39. The fraction of sp³-hybridized carbons (Fsp3) is 0.533. The predicted octanol–water partition coefficient (Wildman–Crippen LogP) is 3.24. The van der Waals surface area contributed by atoms with E-state index < -0.39 is 11.6 Å². The van der Waals surface area contributed by atoms with Gasteiger partial charge in [0, 0.05) is 12.0 Å². The SMILES string of the molecule is C#C[C@]1(OC(=O)C=C)CCCC[C@@H]1CCC=C. The van der Waals surface area contributed by atoms with Crippen molar-refractivity contribution in [3.63, 3.8) is 0 Å². The van der Waals surface area contributed by atoms with Gasteiger partial charge in [-0.1, -0.05) is 25.0 Å². The zero-order chi connectivity index (χ0) is 12.7. The molecule has 17 heavy (non-hydrogen) atoms. The highest BCUT2D eigenvalue weighted by molar-refractivity contribution is 5.81. The van der Waals surface area contributed by atoms with Gasteiger partial charge in [0.2, 0.25) is 0 Å². The summed E-state index contributed by atoms with van der Waals surface area (Å²) in [6.45, 7) is 7.14. The maximum Gasteiger partial charge on any atom is 0.331 e. The molecular weight excluding hydrogens is 212 g/mol. The van der Waals surface area contributed by atoms with E-state index in [-0.39, 0.29) is 5.92 Å². The first-order chi connectivity index (χ1) is 8.18. The molecule has 2 nitrogen and oxygen atoms in total. The Kier molecular flexibility index (Phi) is 5.03. The van der Waals surface area contributed by atoms with Crippen LogP contribution < -0.4 is 0 Å². The summed E-state index contributed by atoms with van der Waals surface area (Å²) in [4.78, 5) is 11.4. The van der Waals surface area contributed by atoms with Crippen molar-refractivity contribution in [2.24, 2.45) is 5.92 Å². The molecule has 0 N–H and O–H groups in total. The summed E-state index contributed by atoms with van der Waals surface area (Å²) in [5.74, 6) is 2.53. The maximum absolute atomic E-state index is 11.4. The second kappa shape index (κ2) is 6.30. The van der Waals surface area contributed by atoms with Crippen LogP contribution in [0.1, 0.15) is 38.5 Å². The summed E-state index contributed by atoms with van der Waals surface area (Å²) in [6.07, 6.45) is 14.4. The highest BCUT2D eigenvalue weighted by atomic mass is 16.6. The Morgan fingerprint density at radius 3 is 2.88 bits per heavy atom. The van der Waals surface area contributed by atoms with Gasteiger partial charge in [-0.3, -0.25) is 0 Å². The molecule has 2 atom stereocenters. The van der Waals surface area contributed by atoms with Crippen LogP contribution in [0.4, 0.5) is 0 Å². The monoisotopic (exact) mass is 232 g/mol. The van der Waals surface area contributed by atoms with Gasteiger partial charge in [0.15, 0.2) is 5.60 Å². The first-order valence-electron chi connectivity index (χ1n) is 6.12. The molecule has 0 radical (unpaired) electrons. The minimum Gasteiger partial charge on any atom is -0.442 e. The van der Waals surface area contributed by atoms with Gasteiger partial charge >= 0.3 is 5.97 Å². The van der Waals surface area contributed by atoms with Crippen LogP contribution in [-0.2, 0) is 9.53 Å². The largest absolute Gasteiger partial charge is 0.442 e. The average molecular weight is 232 g/mol. The number of hydrogen-bond donors (Lipinski definition) is 0. The lowest BCUT2D eigenvalue weighted by Gasteiger charge is -2.39. The zero-order valence-corrected chi connectivity index (χ0v) is 10.3. The topological polar surface area (TPSA) is 26.3 Å². The number of hydrogen-bond acceptors (Lipinski definition) is 2. The Bertz CT molecular complexity index is 337. The summed E-state index contributed by atoms with van der Waals surface area (Å²) < 4.78 is 5.46. The third kappa shape index (κ3) is 3.23. The van der Waals surface area contributed by atoms with Crippen molar-refractivity contribution >= 4 is 5.97 Å². The molecular formula is C15H20O2. The Hall–Kier alpha value is -1.49. The average Bonchev–Trinajstić information content (AvgIpc) is 2.37. The smallest absolute Gasteiger partial charge is 0.331 e. The molecule has 0 aromatic rings. The molecule has 0 spiro atoms. The first-order valence-corrected chi connectivity index (χ1v) is 6.12. The van der Waals surface area contributed by atoms with Crippen molar-refractivity contribution in [1.82, 2.24) is 0 Å². The van der Waals surface area contributed by atoms with Crippen LogP contribution in [0, 0.1) is 18.3 Å². The molecule has 1 fully saturated rings. The number of allylic oxidation sites excluding steroid dienone is 1. The number of rotatable bonds is 5. The van der Waals surface area contributed by atoms with E-state index in [2.05, 4.69) is 19.1 Å². The first kappa shape index (κ1) is 13.6. The van der Waals surface area contributed by atoms with Gasteiger partial charge in [0.25, 0.3) is 0 Å². The third-order valence-corrected chi connectivity index (χ3v) is 3.42. The fourth-order valence-electron chi connectivity index (χ4n) is 2.49. The van der Waals surface area contributed by atoms with Crippen molar-refractivity contribution in [3.8, 4) is 12.3 Å².